The second-order valence-corrected chi connectivity index (χ2v) is 8.19. The van der Waals surface area contributed by atoms with Crippen LogP contribution in [0.25, 0.3) is 0 Å². The number of amides is 1. The Kier molecular flexibility index (Phi) is 9.38. The number of ether oxygens (including phenoxy) is 3. The number of carbonyl (C=O) groups excluding carboxylic acids is 1. The highest BCUT2D eigenvalue weighted by atomic mass is 16.5. The Balaban J connectivity index is 1.66. The molecule has 6 heteroatoms. The van der Waals surface area contributed by atoms with E-state index in [0.29, 0.717) is 18.8 Å². The van der Waals surface area contributed by atoms with E-state index in [0.717, 1.165) is 68.3 Å². The number of nitrogens with one attached hydrogen (secondary N) is 1. The van der Waals surface area contributed by atoms with Gasteiger partial charge >= 0.3 is 0 Å². The molecule has 1 amide bonds. The van der Waals surface area contributed by atoms with E-state index < -0.39 is 0 Å². The van der Waals surface area contributed by atoms with Crippen LogP contribution in [0.4, 0.5) is 0 Å². The zero-order chi connectivity index (χ0) is 22.8. The van der Waals surface area contributed by atoms with Gasteiger partial charge in [-0.3, -0.25) is 9.69 Å². The molecule has 174 valence electrons. The highest BCUT2D eigenvalue weighted by Crippen LogP contribution is 2.31. The molecule has 0 aromatic heterocycles. The Morgan fingerprint density at radius 3 is 2.47 bits per heavy atom. The average Bonchev–Trinajstić information content (AvgIpc) is 2.82. The largest absolute Gasteiger partial charge is 0.490 e. The van der Waals surface area contributed by atoms with E-state index >= 15 is 0 Å². The Morgan fingerprint density at radius 2 is 1.75 bits per heavy atom. The quantitative estimate of drug-likeness (QED) is 0.554. The maximum Gasteiger partial charge on any atom is 0.251 e. The normalized spacial score (nSPS) is 15.2. The van der Waals surface area contributed by atoms with E-state index in [4.69, 9.17) is 14.2 Å². The summed E-state index contributed by atoms with van der Waals surface area (Å²) in [7, 11) is 0. The second-order valence-electron chi connectivity index (χ2n) is 8.19. The molecule has 1 fully saturated rings. The van der Waals surface area contributed by atoms with Crippen molar-refractivity contribution >= 4 is 5.91 Å². The molecule has 1 atom stereocenters. The molecule has 0 saturated carbocycles. The van der Waals surface area contributed by atoms with Crippen LogP contribution in [-0.4, -0.2) is 50.3 Å². The number of hydrogen-bond donors (Lipinski definition) is 1. The van der Waals surface area contributed by atoms with Gasteiger partial charge in [-0.05, 0) is 55.2 Å². The summed E-state index contributed by atoms with van der Waals surface area (Å²) in [5, 5.41) is 3.12. The summed E-state index contributed by atoms with van der Waals surface area (Å²) < 4.78 is 17.1. The van der Waals surface area contributed by atoms with E-state index in [2.05, 4.69) is 30.1 Å². The van der Waals surface area contributed by atoms with Crippen LogP contribution in [0.15, 0.2) is 42.5 Å². The lowest BCUT2D eigenvalue weighted by Gasteiger charge is -2.26. The summed E-state index contributed by atoms with van der Waals surface area (Å²) in [4.78, 5) is 15.3. The minimum absolute atomic E-state index is 0.0799. The topological polar surface area (TPSA) is 60.0 Å². The lowest BCUT2D eigenvalue weighted by molar-refractivity contribution is 0.0342. The number of hydrogen-bond acceptors (Lipinski definition) is 5. The van der Waals surface area contributed by atoms with Crippen molar-refractivity contribution < 1.29 is 19.0 Å². The highest BCUT2D eigenvalue weighted by molar-refractivity contribution is 5.94. The van der Waals surface area contributed by atoms with Crippen molar-refractivity contribution in [3.63, 3.8) is 0 Å². The molecule has 1 heterocycles. The fourth-order valence-corrected chi connectivity index (χ4v) is 3.64. The molecule has 0 spiro atoms. The third-order valence-corrected chi connectivity index (χ3v) is 5.44. The van der Waals surface area contributed by atoms with Gasteiger partial charge in [-0.25, -0.2) is 0 Å². The molecule has 0 bridgehead atoms. The molecule has 0 radical (unpaired) electrons. The standard InChI is InChI=1S/C26H36N2O4/c1-4-13-31-24-10-9-22(18-25(24)32-14-5-2)20(3)27-26(29)23-8-6-7-21(17-23)19-28-11-15-30-16-12-28/h6-10,17-18,20H,4-5,11-16,19H2,1-3H3,(H,27,29). The van der Waals surface area contributed by atoms with Gasteiger partial charge in [0.1, 0.15) is 0 Å². The first-order chi connectivity index (χ1) is 15.6. The molecule has 2 aromatic rings. The molecule has 1 unspecified atom stereocenters. The first-order valence-electron chi connectivity index (χ1n) is 11.7. The molecule has 3 rings (SSSR count). The Labute approximate surface area is 191 Å². The number of morpholine rings is 1. The van der Waals surface area contributed by atoms with Crippen molar-refractivity contribution in [1.82, 2.24) is 10.2 Å². The third-order valence-electron chi connectivity index (χ3n) is 5.44. The Morgan fingerprint density at radius 1 is 1.03 bits per heavy atom. The summed E-state index contributed by atoms with van der Waals surface area (Å²) in [6, 6.07) is 13.6. The van der Waals surface area contributed by atoms with Gasteiger partial charge in [0, 0.05) is 25.2 Å². The minimum atomic E-state index is -0.158. The van der Waals surface area contributed by atoms with Gasteiger partial charge < -0.3 is 19.5 Å². The molecular formula is C26H36N2O4. The minimum Gasteiger partial charge on any atom is -0.490 e. The molecular weight excluding hydrogens is 404 g/mol. The van der Waals surface area contributed by atoms with Crippen LogP contribution < -0.4 is 14.8 Å². The van der Waals surface area contributed by atoms with Gasteiger partial charge in [0.05, 0.1) is 32.5 Å². The number of nitrogens with zero attached hydrogens (tertiary/aromatic N) is 1. The zero-order valence-electron chi connectivity index (χ0n) is 19.6. The molecule has 1 N–H and O–H groups in total. The monoisotopic (exact) mass is 440 g/mol. The van der Waals surface area contributed by atoms with Crippen LogP contribution in [0, 0.1) is 0 Å². The number of rotatable bonds is 11. The average molecular weight is 441 g/mol. The van der Waals surface area contributed by atoms with Gasteiger partial charge in [0.2, 0.25) is 0 Å². The predicted molar refractivity (Wildman–Crippen MR) is 126 cm³/mol. The van der Waals surface area contributed by atoms with Crippen LogP contribution in [0.2, 0.25) is 0 Å². The van der Waals surface area contributed by atoms with E-state index in [1.54, 1.807) is 0 Å². The summed E-state index contributed by atoms with van der Waals surface area (Å²) in [5.41, 5.74) is 2.80. The lowest BCUT2D eigenvalue weighted by Crippen LogP contribution is -2.35. The maximum atomic E-state index is 12.9. The van der Waals surface area contributed by atoms with E-state index in [9.17, 15) is 4.79 Å². The number of carbonyl (C=O) groups is 1. The van der Waals surface area contributed by atoms with Crippen molar-refractivity contribution in [2.24, 2.45) is 0 Å². The van der Waals surface area contributed by atoms with Crippen LogP contribution in [0.5, 0.6) is 11.5 Å². The predicted octanol–water partition coefficient (Wildman–Crippen LogP) is 4.59. The van der Waals surface area contributed by atoms with Crippen LogP contribution in [0.1, 0.15) is 61.1 Å². The first-order valence-corrected chi connectivity index (χ1v) is 11.7. The molecule has 1 aliphatic heterocycles. The summed E-state index contributed by atoms with van der Waals surface area (Å²) in [6.07, 6.45) is 1.86. The highest BCUT2D eigenvalue weighted by Gasteiger charge is 2.16. The summed E-state index contributed by atoms with van der Waals surface area (Å²) >= 11 is 0. The summed E-state index contributed by atoms with van der Waals surface area (Å²) in [6.45, 7) is 11.6. The first kappa shape index (κ1) is 24.1. The number of benzene rings is 2. The second kappa shape index (κ2) is 12.5. The van der Waals surface area contributed by atoms with Gasteiger partial charge in [-0.15, -0.1) is 0 Å². The summed E-state index contributed by atoms with van der Waals surface area (Å²) in [5.74, 6) is 1.40. The van der Waals surface area contributed by atoms with E-state index in [1.165, 1.54) is 0 Å². The van der Waals surface area contributed by atoms with Crippen LogP contribution in [-0.2, 0) is 11.3 Å². The molecule has 1 saturated heterocycles. The molecule has 2 aromatic carbocycles. The van der Waals surface area contributed by atoms with Crippen molar-refractivity contribution in [3.8, 4) is 11.5 Å². The lowest BCUT2D eigenvalue weighted by atomic mass is 10.1. The van der Waals surface area contributed by atoms with Gasteiger partial charge in [-0.1, -0.05) is 32.0 Å². The molecule has 6 nitrogen and oxygen atoms in total. The van der Waals surface area contributed by atoms with Crippen molar-refractivity contribution in [3.05, 3.63) is 59.2 Å². The van der Waals surface area contributed by atoms with Crippen molar-refractivity contribution in [2.45, 2.75) is 46.2 Å². The third kappa shape index (κ3) is 6.97. The maximum absolute atomic E-state index is 12.9. The van der Waals surface area contributed by atoms with Crippen molar-refractivity contribution in [1.29, 1.82) is 0 Å². The smallest absolute Gasteiger partial charge is 0.251 e. The van der Waals surface area contributed by atoms with Crippen LogP contribution in [0.3, 0.4) is 0 Å². The fraction of sp³-hybridized carbons (Fsp3) is 0.500. The Bertz CT molecular complexity index is 865. The fourth-order valence-electron chi connectivity index (χ4n) is 3.64. The van der Waals surface area contributed by atoms with E-state index in [-0.39, 0.29) is 11.9 Å². The van der Waals surface area contributed by atoms with E-state index in [1.807, 2.05) is 43.3 Å². The van der Waals surface area contributed by atoms with Gasteiger partial charge in [0.15, 0.2) is 11.5 Å². The van der Waals surface area contributed by atoms with Crippen molar-refractivity contribution in [2.75, 3.05) is 39.5 Å². The molecule has 0 aliphatic carbocycles. The zero-order valence-corrected chi connectivity index (χ0v) is 19.6. The Hall–Kier alpha value is -2.57. The van der Waals surface area contributed by atoms with Gasteiger partial charge in [0.25, 0.3) is 5.91 Å². The van der Waals surface area contributed by atoms with Crippen LogP contribution >= 0.6 is 0 Å². The van der Waals surface area contributed by atoms with Gasteiger partial charge in [-0.2, -0.15) is 0 Å². The molecule has 1 aliphatic rings. The SMILES string of the molecule is CCCOc1ccc(C(C)NC(=O)c2cccc(CN3CCOCC3)c2)cc1OCCC. The molecule has 32 heavy (non-hydrogen) atoms.